The van der Waals surface area contributed by atoms with Crippen LogP contribution in [0.3, 0.4) is 0 Å². The molecular weight excluding hydrogens is 226 g/mol. The molecule has 1 aromatic carbocycles. The van der Waals surface area contributed by atoms with E-state index in [2.05, 4.69) is 43.4 Å². The first kappa shape index (κ1) is 13.0. The molecule has 0 spiro atoms. The van der Waals surface area contributed by atoms with Crippen molar-refractivity contribution in [3.05, 3.63) is 29.8 Å². The highest BCUT2D eigenvalue weighted by Crippen LogP contribution is 2.38. The molecule has 17 heavy (non-hydrogen) atoms. The van der Waals surface area contributed by atoms with Crippen LogP contribution in [0.15, 0.2) is 29.2 Å². The predicted octanol–water partition coefficient (Wildman–Crippen LogP) is 3.90. The smallest absolute Gasteiger partial charge is 0.0108 e. The van der Waals surface area contributed by atoms with Gasteiger partial charge in [0.15, 0.2) is 0 Å². The Labute approximate surface area is 109 Å². The molecule has 0 saturated carbocycles. The molecule has 0 bridgehead atoms. The molecule has 0 saturated heterocycles. The fraction of sp³-hybridized carbons (Fsp3) is 0.600. The van der Waals surface area contributed by atoms with E-state index >= 15 is 0 Å². The highest BCUT2D eigenvalue weighted by atomic mass is 32.2. The van der Waals surface area contributed by atoms with Crippen LogP contribution in [-0.2, 0) is 0 Å². The zero-order valence-electron chi connectivity index (χ0n) is 10.9. The normalized spacial score (nSPS) is 18.6. The van der Waals surface area contributed by atoms with Crippen LogP contribution in [0.5, 0.6) is 0 Å². The largest absolute Gasteiger partial charge is 0.316 e. The van der Waals surface area contributed by atoms with Crippen molar-refractivity contribution in [3.63, 3.8) is 0 Å². The fourth-order valence-electron chi connectivity index (χ4n) is 2.44. The van der Waals surface area contributed by atoms with Gasteiger partial charge in [-0.05, 0) is 24.1 Å². The highest BCUT2D eigenvalue weighted by molar-refractivity contribution is 7.99. The van der Waals surface area contributed by atoms with E-state index in [1.54, 1.807) is 5.56 Å². The average molecular weight is 249 g/mol. The molecule has 2 rings (SSSR count). The predicted molar refractivity (Wildman–Crippen MR) is 76.8 cm³/mol. The molecule has 1 aliphatic rings. The Hall–Kier alpha value is -0.470. The van der Waals surface area contributed by atoms with E-state index in [0.717, 1.165) is 12.5 Å². The second kappa shape index (κ2) is 6.46. The van der Waals surface area contributed by atoms with Crippen LogP contribution in [0.2, 0.25) is 0 Å². The van der Waals surface area contributed by atoms with Gasteiger partial charge in [-0.15, -0.1) is 11.8 Å². The number of thioether (sulfide) groups is 1. The van der Waals surface area contributed by atoms with E-state index in [1.165, 1.54) is 30.0 Å². The number of benzene rings is 1. The van der Waals surface area contributed by atoms with E-state index in [4.69, 9.17) is 0 Å². The molecule has 94 valence electrons. The first-order chi connectivity index (χ1) is 8.35. The third kappa shape index (κ3) is 3.26. The van der Waals surface area contributed by atoms with Crippen molar-refractivity contribution in [1.82, 2.24) is 5.32 Å². The van der Waals surface area contributed by atoms with Crippen LogP contribution < -0.4 is 5.32 Å². The summed E-state index contributed by atoms with van der Waals surface area (Å²) in [7, 11) is 0. The number of fused-ring (bicyclic) bond motifs is 1. The van der Waals surface area contributed by atoms with E-state index in [-0.39, 0.29) is 0 Å². The lowest BCUT2D eigenvalue weighted by molar-refractivity contribution is 0.443. The van der Waals surface area contributed by atoms with Gasteiger partial charge in [0.05, 0.1) is 0 Å². The van der Waals surface area contributed by atoms with E-state index < -0.39 is 0 Å². The first-order valence-electron chi connectivity index (χ1n) is 6.77. The van der Waals surface area contributed by atoms with Crippen LogP contribution in [-0.4, -0.2) is 18.8 Å². The standard InChI is InChI=1S/C15H23NS/c1-3-12(4-2)9-16-10-13-11-17-15-8-6-5-7-14(13)15/h5-8,12-13,16H,3-4,9-11H2,1-2H3. The van der Waals surface area contributed by atoms with E-state index in [9.17, 15) is 0 Å². The number of rotatable bonds is 6. The lowest BCUT2D eigenvalue weighted by Crippen LogP contribution is -2.27. The van der Waals surface area contributed by atoms with Gasteiger partial charge in [0.25, 0.3) is 0 Å². The highest BCUT2D eigenvalue weighted by Gasteiger charge is 2.22. The summed E-state index contributed by atoms with van der Waals surface area (Å²) in [5.41, 5.74) is 1.55. The van der Waals surface area contributed by atoms with Gasteiger partial charge in [-0.2, -0.15) is 0 Å². The van der Waals surface area contributed by atoms with Gasteiger partial charge in [0.1, 0.15) is 0 Å². The average Bonchev–Trinajstić information content (AvgIpc) is 2.78. The topological polar surface area (TPSA) is 12.0 Å². The molecule has 1 atom stereocenters. The van der Waals surface area contributed by atoms with Crippen molar-refractivity contribution in [2.45, 2.75) is 37.5 Å². The monoisotopic (exact) mass is 249 g/mol. The third-order valence-corrected chi connectivity index (χ3v) is 5.03. The zero-order valence-corrected chi connectivity index (χ0v) is 11.7. The Bertz CT molecular complexity index is 347. The Morgan fingerprint density at radius 1 is 1.29 bits per heavy atom. The minimum absolute atomic E-state index is 0.713. The van der Waals surface area contributed by atoms with Gasteiger partial charge < -0.3 is 5.32 Å². The maximum absolute atomic E-state index is 3.66. The third-order valence-electron chi connectivity index (χ3n) is 3.78. The van der Waals surface area contributed by atoms with Crippen molar-refractivity contribution >= 4 is 11.8 Å². The molecule has 1 aliphatic heterocycles. The summed E-state index contributed by atoms with van der Waals surface area (Å²) in [6.07, 6.45) is 2.58. The van der Waals surface area contributed by atoms with Crippen LogP contribution in [0.4, 0.5) is 0 Å². The summed E-state index contributed by atoms with van der Waals surface area (Å²) < 4.78 is 0. The fourth-order valence-corrected chi connectivity index (χ4v) is 3.69. The van der Waals surface area contributed by atoms with Crippen LogP contribution in [0, 0.1) is 5.92 Å². The van der Waals surface area contributed by atoms with Gasteiger partial charge in [0.2, 0.25) is 0 Å². The van der Waals surface area contributed by atoms with Crippen molar-refractivity contribution in [2.75, 3.05) is 18.8 Å². The molecule has 0 radical (unpaired) electrons. The molecule has 1 heterocycles. The number of hydrogen-bond donors (Lipinski definition) is 1. The SMILES string of the molecule is CCC(CC)CNCC1CSc2ccccc21. The molecule has 1 N–H and O–H groups in total. The summed E-state index contributed by atoms with van der Waals surface area (Å²) in [4.78, 5) is 1.49. The summed E-state index contributed by atoms with van der Waals surface area (Å²) in [6, 6.07) is 8.85. The summed E-state index contributed by atoms with van der Waals surface area (Å²) >= 11 is 2.01. The second-order valence-corrected chi connectivity index (χ2v) is 5.95. The Morgan fingerprint density at radius 3 is 2.82 bits per heavy atom. The molecule has 0 fully saturated rings. The van der Waals surface area contributed by atoms with Gasteiger partial charge in [-0.25, -0.2) is 0 Å². The maximum Gasteiger partial charge on any atom is 0.0108 e. The molecule has 2 heteroatoms. The maximum atomic E-state index is 3.66. The number of hydrogen-bond acceptors (Lipinski definition) is 2. The van der Waals surface area contributed by atoms with E-state index in [0.29, 0.717) is 5.92 Å². The molecule has 1 unspecified atom stereocenters. The second-order valence-electron chi connectivity index (χ2n) is 4.89. The van der Waals surface area contributed by atoms with Crippen LogP contribution in [0.25, 0.3) is 0 Å². The number of nitrogens with one attached hydrogen (secondary N) is 1. The van der Waals surface area contributed by atoms with Gasteiger partial charge in [0, 0.05) is 23.1 Å². The minimum Gasteiger partial charge on any atom is -0.316 e. The van der Waals surface area contributed by atoms with E-state index in [1.807, 2.05) is 11.8 Å². The van der Waals surface area contributed by atoms with Crippen LogP contribution in [0.1, 0.15) is 38.2 Å². The van der Waals surface area contributed by atoms with Crippen molar-refractivity contribution < 1.29 is 0 Å². The summed E-state index contributed by atoms with van der Waals surface area (Å²) in [5.74, 6) is 2.81. The van der Waals surface area contributed by atoms with Gasteiger partial charge in [-0.3, -0.25) is 0 Å². The van der Waals surface area contributed by atoms with Crippen molar-refractivity contribution in [1.29, 1.82) is 0 Å². The van der Waals surface area contributed by atoms with Crippen LogP contribution >= 0.6 is 11.8 Å². The van der Waals surface area contributed by atoms with Crippen molar-refractivity contribution in [2.24, 2.45) is 5.92 Å². The lowest BCUT2D eigenvalue weighted by atomic mass is 10.00. The summed E-state index contributed by atoms with van der Waals surface area (Å²) in [5, 5.41) is 3.66. The molecule has 0 aliphatic carbocycles. The molecule has 0 aromatic heterocycles. The molecule has 1 aromatic rings. The molecule has 0 amide bonds. The lowest BCUT2D eigenvalue weighted by Gasteiger charge is -2.16. The Balaban J connectivity index is 1.82. The minimum atomic E-state index is 0.713. The summed E-state index contributed by atoms with van der Waals surface area (Å²) in [6.45, 7) is 6.89. The van der Waals surface area contributed by atoms with Gasteiger partial charge in [-0.1, -0.05) is 44.9 Å². The zero-order chi connectivity index (χ0) is 12.1. The van der Waals surface area contributed by atoms with Crippen molar-refractivity contribution in [3.8, 4) is 0 Å². The first-order valence-corrected chi connectivity index (χ1v) is 7.76. The Kier molecular flexibility index (Phi) is 4.93. The van der Waals surface area contributed by atoms with Gasteiger partial charge >= 0.3 is 0 Å². The molecular formula is C15H23NS. The quantitative estimate of drug-likeness (QED) is 0.820. The Morgan fingerprint density at radius 2 is 2.06 bits per heavy atom. The molecule has 1 nitrogen and oxygen atoms in total.